The molecule has 0 radical (unpaired) electrons. The molecule has 2 heterocycles. The van der Waals surface area contributed by atoms with Crippen molar-refractivity contribution in [2.75, 3.05) is 12.4 Å². The van der Waals surface area contributed by atoms with Crippen molar-refractivity contribution in [2.45, 2.75) is 13.5 Å². The normalized spacial score (nSPS) is 12.2. The molecule has 1 aliphatic rings. The van der Waals surface area contributed by atoms with Crippen molar-refractivity contribution in [3.63, 3.8) is 0 Å². The third kappa shape index (κ3) is 3.98. The van der Waals surface area contributed by atoms with E-state index in [1.165, 1.54) is 23.4 Å². The Balaban J connectivity index is 1.77. The SMILES string of the molecule is C=C(NC(=O)C(=C)N1Cc2c(nsc2-c2ccc(NC(C)=O)cc2)C1=O)C(=O)OC. The second-order valence-corrected chi connectivity index (χ2v) is 7.13. The van der Waals surface area contributed by atoms with E-state index in [9.17, 15) is 19.2 Å². The van der Waals surface area contributed by atoms with Crippen molar-refractivity contribution < 1.29 is 23.9 Å². The Labute approximate surface area is 176 Å². The average molecular weight is 426 g/mol. The first-order chi connectivity index (χ1) is 14.2. The number of hydrogen-bond acceptors (Lipinski definition) is 7. The van der Waals surface area contributed by atoms with Gasteiger partial charge in [0.25, 0.3) is 11.8 Å². The molecule has 0 saturated carbocycles. The Bertz CT molecular complexity index is 1090. The zero-order valence-corrected chi connectivity index (χ0v) is 17.1. The molecule has 30 heavy (non-hydrogen) atoms. The molecule has 0 aliphatic carbocycles. The molecule has 1 aromatic carbocycles. The number of rotatable bonds is 6. The molecule has 2 N–H and O–H groups in total. The molecule has 0 saturated heterocycles. The summed E-state index contributed by atoms with van der Waals surface area (Å²) in [4.78, 5) is 49.6. The lowest BCUT2D eigenvalue weighted by atomic mass is 10.1. The molecular weight excluding hydrogens is 408 g/mol. The van der Waals surface area contributed by atoms with E-state index in [-0.39, 0.29) is 29.5 Å². The fourth-order valence-corrected chi connectivity index (χ4v) is 3.72. The maximum absolute atomic E-state index is 12.7. The van der Waals surface area contributed by atoms with E-state index in [4.69, 9.17) is 0 Å². The summed E-state index contributed by atoms with van der Waals surface area (Å²) in [5.41, 5.74) is 2.01. The Morgan fingerprint density at radius 2 is 1.87 bits per heavy atom. The van der Waals surface area contributed by atoms with Crippen molar-refractivity contribution in [3.8, 4) is 10.4 Å². The Morgan fingerprint density at radius 1 is 1.20 bits per heavy atom. The summed E-state index contributed by atoms with van der Waals surface area (Å²) < 4.78 is 8.71. The van der Waals surface area contributed by atoms with Crippen LogP contribution in [0.3, 0.4) is 0 Å². The largest absolute Gasteiger partial charge is 0.464 e. The van der Waals surface area contributed by atoms with Gasteiger partial charge in [0.2, 0.25) is 5.91 Å². The van der Waals surface area contributed by atoms with E-state index in [0.29, 0.717) is 11.3 Å². The highest BCUT2D eigenvalue weighted by Gasteiger charge is 2.36. The number of aromatic nitrogens is 1. The highest BCUT2D eigenvalue weighted by Crippen LogP contribution is 2.37. The molecule has 2 aromatic rings. The summed E-state index contributed by atoms with van der Waals surface area (Å²) >= 11 is 1.18. The summed E-state index contributed by atoms with van der Waals surface area (Å²) in [5, 5.41) is 4.95. The number of benzene rings is 1. The molecule has 0 bridgehead atoms. The molecule has 0 unspecified atom stereocenters. The molecule has 3 amide bonds. The number of nitrogens with zero attached hydrogens (tertiary/aromatic N) is 2. The van der Waals surface area contributed by atoms with Gasteiger partial charge in [-0.15, -0.1) is 0 Å². The Morgan fingerprint density at radius 3 is 2.47 bits per heavy atom. The topological polar surface area (TPSA) is 118 Å². The number of anilines is 1. The van der Waals surface area contributed by atoms with Gasteiger partial charge in [-0.05, 0) is 29.2 Å². The van der Waals surface area contributed by atoms with Gasteiger partial charge in [0.05, 0.1) is 18.5 Å². The van der Waals surface area contributed by atoms with E-state index in [1.807, 2.05) is 12.1 Å². The summed E-state index contributed by atoms with van der Waals surface area (Å²) in [6.07, 6.45) is 0. The van der Waals surface area contributed by atoms with Gasteiger partial charge < -0.3 is 15.4 Å². The van der Waals surface area contributed by atoms with E-state index in [2.05, 4.69) is 32.9 Å². The zero-order chi connectivity index (χ0) is 22.0. The lowest BCUT2D eigenvalue weighted by molar-refractivity contribution is -0.137. The number of esters is 1. The number of fused-ring (bicyclic) bond motifs is 1. The second kappa shape index (κ2) is 8.29. The fraction of sp³-hybridized carbons (Fsp3) is 0.150. The van der Waals surface area contributed by atoms with Crippen LogP contribution in [0, 0.1) is 0 Å². The van der Waals surface area contributed by atoms with Crippen LogP contribution in [-0.2, 0) is 25.7 Å². The van der Waals surface area contributed by atoms with Gasteiger partial charge in [-0.3, -0.25) is 19.3 Å². The molecular formula is C20H18N4O5S. The van der Waals surface area contributed by atoms with Crippen molar-refractivity contribution in [1.29, 1.82) is 0 Å². The minimum Gasteiger partial charge on any atom is -0.464 e. The average Bonchev–Trinajstić information content (AvgIpc) is 3.27. The highest BCUT2D eigenvalue weighted by molar-refractivity contribution is 7.10. The highest BCUT2D eigenvalue weighted by atomic mass is 32.1. The van der Waals surface area contributed by atoms with Crippen LogP contribution in [0.4, 0.5) is 5.69 Å². The van der Waals surface area contributed by atoms with E-state index in [1.54, 1.807) is 12.1 Å². The van der Waals surface area contributed by atoms with E-state index < -0.39 is 17.8 Å². The molecule has 10 heteroatoms. The van der Waals surface area contributed by atoms with E-state index >= 15 is 0 Å². The standard InChI is InChI=1S/C20H18N4O5S/c1-10(20(28)29-4)21-18(26)11(2)24-9-15-16(19(24)27)23-30-17(15)13-5-7-14(8-6-13)22-12(3)25/h5-8H,1-2,9H2,3-4H3,(H,21,26)(H,22,25). The number of nitrogens with one attached hydrogen (secondary N) is 2. The predicted molar refractivity (Wildman–Crippen MR) is 110 cm³/mol. The minimum atomic E-state index is -0.797. The van der Waals surface area contributed by atoms with Gasteiger partial charge in [-0.2, -0.15) is 4.37 Å². The zero-order valence-electron chi connectivity index (χ0n) is 16.3. The first kappa shape index (κ1) is 20.9. The van der Waals surface area contributed by atoms with Crippen LogP contribution in [0.5, 0.6) is 0 Å². The second-order valence-electron chi connectivity index (χ2n) is 6.36. The van der Waals surface area contributed by atoms with Gasteiger partial charge in [-0.1, -0.05) is 25.3 Å². The van der Waals surface area contributed by atoms with Crippen LogP contribution in [-0.4, -0.2) is 40.1 Å². The van der Waals surface area contributed by atoms with E-state index in [0.717, 1.165) is 17.6 Å². The quantitative estimate of drug-likeness (QED) is 0.539. The summed E-state index contributed by atoms with van der Waals surface area (Å²) in [7, 11) is 1.16. The summed E-state index contributed by atoms with van der Waals surface area (Å²) in [6.45, 7) is 8.62. The molecule has 1 aliphatic heterocycles. The van der Waals surface area contributed by atoms with Crippen LogP contribution in [0.1, 0.15) is 23.0 Å². The number of methoxy groups -OCH3 is 1. The maximum Gasteiger partial charge on any atom is 0.353 e. The number of amides is 3. The molecule has 3 rings (SSSR count). The van der Waals surface area contributed by atoms with Crippen molar-refractivity contribution >= 4 is 40.9 Å². The molecule has 0 atom stereocenters. The van der Waals surface area contributed by atoms with Crippen LogP contribution >= 0.6 is 11.5 Å². The third-order valence-corrected chi connectivity index (χ3v) is 5.24. The molecule has 0 spiro atoms. The minimum absolute atomic E-state index is 0.115. The lowest BCUT2D eigenvalue weighted by Crippen LogP contribution is -2.36. The van der Waals surface area contributed by atoms with Gasteiger partial charge in [0.1, 0.15) is 17.1 Å². The first-order valence-electron chi connectivity index (χ1n) is 8.68. The summed E-state index contributed by atoms with van der Waals surface area (Å²) in [5.74, 6) is -2.16. The molecule has 0 fully saturated rings. The van der Waals surface area contributed by atoms with Crippen LogP contribution in [0.15, 0.2) is 48.8 Å². The maximum atomic E-state index is 12.7. The van der Waals surface area contributed by atoms with Gasteiger partial charge in [0.15, 0.2) is 0 Å². The smallest absolute Gasteiger partial charge is 0.353 e. The molecule has 1 aromatic heterocycles. The van der Waals surface area contributed by atoms with Crippen molar-refractivity contribution in [3.05, 3.63) is 60.1 Å². The number of carbonyl (C=O) groups is 4. The fourth-order valence-electron chi connectivity index (χ4n) is 2.84. The van der Waals surface area contributed by atoms with Crippen molar-refractivity contribution in [2.24, 2.45) is 0 Å². The first-order valence-corrected chi connectivity index (χ1v) is 9.46. The lowest BCUT2D eigenvalue weighted by Gasteiger charge is -2.18. The monoisotopic (exact) mass is 426 g/mol. The predicted octanol–water partition coefficient (Wildman–Crippen LogP) is 2.04. The number of hydrogen-bond donors (Lipinski definition) is 2. The molecule has 154 valence electrons. The van der Waals surface area contributed by atoms with Gasteiger partial charge in [0, 0.05) is 18.2 Å². The van der Waals surface area contributed by atoms with Gasteiger partial charge >= 0.3 is 5.97 Å². The molecule has 9 nitrogen and oxygen atoms in total. The van der Waals surface area contributed by atoms with Gasteiger partial charge in [-0.25, -0.2) is 4.79 Å². The Kier molecular flexibility index (Phi) is 5.79. The third-order valence-electron chi connectivity index (χ3n) is 4.30. The Hall–Kier alpha value is -3.79. The number of ether oxygens (including phenoxy) is 1. The van der Waals surface area contributed by atoms with Crippen LogP contribution in [0.25, 0.3) is 10.4 Å². The summed E-state index contributed by atoms with van der Waals surface area (Å²) in [6, 6.07) is 7.13. The van der Waals surface area contributed by atoms with Crippen LogP contribution < -0.4 is 10.6 Å². The van der Waals surface area contributed by atoms with Crippen molar-refractivity contribution in [1.82, 2.24) is 14.6 Å². The van der Waals surface area contributed by atoms with Crippen LogP contribution in [0.2, 0.25) is 0 Å². The number of carbonyl (C=O) groups excluding carboxylic acids is 4.